The van der Waals surface area contributed by atoms with E-state index < -0.39 is 5.97 Å². The summed E-state index contributed by atoms with van der Waals surface area (Å²) in [5, 5.41) is 19.3. The Morgan fingerprint density at radius 2 is 1.96 bits per heavy atom. The number of benzene rings is 2. The Labute approximate surface area is 180 Å². The number of hydrogen-bond acceptors (Lipinski definition) is 4. The molecule has 0 unspecified atom stereocenters. The number of aromatic nitrogens is 3. The van der Waals surface area contributed by atoms with Crippen molar-refractivity contribution in [1.82, 2.24) is 14.8 Å². The molecule has 0 radical (unpaired) electrons. The highest BCUT2D eigenvalue weighted by molar-refractivity contribution is 9.10. The smallest absolute Gasteiger partial charge is 0.342 e. The van der Waals surface area contributed by atoms with Crippen molar-refractivity contribution in [1.29, 1.82) is 0 Å². The second-order valence-electron chi connectivity index (χ2n) is 5.98. The van der Waals surface area contributed by atoms with Gasteiger partial charge in [0.15, 0.2) is 11.0 Å². The van der Waals surface area contributed by atoms with Gasteiger partial charge in [-0.2, -0.15) is 0 Å². The van der Waals surface area contributed by atoms with Gasteiger partial charge in [0, 0.05) is 21.6 Å². The van der Waals surface area contributed by atoms with E-state index in [0.29, 0.717) is 22.5 Å². The van der Waals surface area contributed by atoms with Gasteiger partial charge in [-0.15, -0.1) is 10.2 Å². The predicted molar refractivity (Wildman–Crippen MR) is 116 cm³/mol. The Kier molecular flexibility index (Phi) is 6.59. The number of aryl methyl sites for hydroxylation is 1. The van der Waals surface area contributed by atoms with Gasteiger partial charge in [-0.1, -0.05) is 39.7 Å². The lowest BCUT2D eigenvalue weighted by molar-refractivity contribution is -0.131. The Bertz CT molecular complexity index is 1050. The summed E-state index contributed by atoms with van der Waals surface area (Å²) in [5.41, 5.74) is 2.75. The van der Waals surface area contributed by atoms with Crippen molar-refractivity contribution >= 4 is 51.3 Å². The maximum atomic E-state index is 11.8. The van der Waals surface area contributed by atoms with Crippen molar-refractivity contribution in [3.8, 4) is 11.4 Å². The van der Waals surface area contributed by atoms with Crippen LogP contribution in [0, 0.1) is 6.92 Å². The van der Waals surface area contributed by atoms with Crippen LogP contribution in [0.5, 0.6) is 0 Å². The molecule has 1 aromatic heterocycles. The van der Waals surface area contributed by atoms with Crippen molar-refractivity contribution in [2.75, 3.05) is 0 Å². The standard InChI is InChI=1S/C20H17BrClN3O2S/c1-3-25-18(14-6-8-15(22)9-7-14)23-24-20(25)28-17(19(26)27)11-13-5-4-12(2)16(21)10-13/h4-11H,3H2,1-2H3,(H,26,27)/b17-11-. The predicted octanol–water partition coefficient (Wildman–Crippen LogP) is 5.91. The van der Waals surface area contributed by atoms with Crippen LogP contribution < -0.4 is 0 Å². The van der Waals surface area contributed by atoms with Crippen LogP contribution in [0.1, 0.15) is 18.1 Å². The Morgan fingerprint density at radius 3 is 2.57 bits per heavy atom. The molecule has 1 N–H and O–H groups in total. The van der Waals surface area contributed by atoms with Gasteiger partial charge in [0.2, 0.25) is 0 Å². The van der Waals surface area contributed by atoms with Gasteiger partial charge in [0.25, 0.3) is 0 Å². The SMILES string of the molecule is CCn1c(S/C(=C\c2ccc(C)c(Br)c2)C(=O)O)nnc1-c1ccc(Cl)cc1. The van der Waals surface area contributed by atoms with E-state index in [1.54, 1.807) is 18.2 Å². The van der Waals surface area contributed by atoms with E-state index >= 15 is 0 Å². The second kappa shape index (κ2) is 8.94. The van der Waals surface area contributed by atoms with Gasteiger partial charge in [-0.05, 0) is 73.1 Å². The third-order valence-corrected chi connectivity index (χ3v) is 6.14. The number of aliphatic carboxylic acids is 1. The summed E-state index contributed by atoms with van der Waals surface area (Å²) < 4.78 is 2.81. The first kappa shape index (κ1) is 20.6. The molecule has 5 nitrogen and oxygen atoms in total. The van der Waals surface area contributed by atoms with E-state index in [9.17, 15) is 9.90 Å². The molecular weight excluding hydrogens is 462 g/mol. The molecule has 0 aliphatic heterocycles. The van der Waals surface area contributed by atoms with Gasteiger partial charge >= 0.3 is 5.97 Å². The normalized spacial score (nSPS) is 11.6. The molecule has 28 heavy (non-hydrogen) atoms. The van der Waals surface area contributed by atoms with Gasteiger partial charge < -0.3 is 9.67 Å². The van der Waals surface area contributed by atoms with Crippen LogP contribution in [0.3, 0.4) is 0 Å². The summed E-state index contributed by atoms with van der Waals surface area (Å²) in [5.74, 6) is -0.343. The average molecular weight is 479 g/mol. The third-order valence-electron chi connectivity index (χ3n) is 4.04. The fourth-order valence-electron chi connectivity index (χ4n) is 2.55. The average Bonchev–Trinajstić information content (AvgIpc) is 3.07. The zero-order chi connectivity index (χ0) is 20.3. The lowest BCUT2D eigenvalue weighted by Gasteiger charge is -2.08. The van der Waals surface area contributed by atoms with Crippen LogP contribution in [0.15, 0.2) is 57.0 Å². The number of hydrogen-bond donors (Lipinski definition) is 1. The first-order valence-corrected chi connectivity index (χ1v) is 10.5. The Balaban J connectivity index is 1.95. The molecule has 0 saturated heterocycles. The van der Waals surface area contributed by atoms with E-state index in [4.69, 9.17) is 11.6 Å². The molecule has 0 atom stereocenters. The quantitative estimate of drug-likeness (QED) is 0.352. The van der Waals surface area contributed by atoms with Crippen molar-refractivity contribution in [3.05, 3.63) is 68.0 Å². The molecule has 1 heterocycles. The van der Waals surface area contributed by atoms with Crippen LogP contribution >= 0.6 is 39.3 Å². The largest absolute Gasteiger partial charge is 0.477 e. The van der Waals surface area contributed by atoms with E-state index in [-0.39, 0.29) is 4.91 Å². The number of nitrogens with zero attached hydrogens (tertiary/aromatic N) is 3. The highest BCUT2D eigenvalue weighted by atomic mass is 79.9. The number of carboxylic acids is 1. The molecular formula is C20H17BrClN3O2S. The third kappa shape index (κ3) is 4.66. The minimum absolute atomic E-state index is 0.167. The number of halogens is 2. The number of thioether (sulfide) groups is 1. The van der Waals surface area contributed by atoms with Crippen LogP contribution in [0.2, 0.25) is 5.02 Å². The van der Waals surface area contributed by atoms with Crippen LogP contribution in [-0.2, 0) is 11.3 Å². The molecule has 0 aliphatic carbocycles. The summed E-state index contributed by atoms with van der Waals surface area (Å²) in [6, 6.07) is 13.0. The molecule has 0 bridgehead atoms. The molecule has 0 fully saturated rings. The van der Waals surface area contributed by atoms with E-state index in [1.165, 1.54) is 0 Å². The molecule has 0 aliphatic rings. The monoisotopic (exact) mass is 477 g/mol. The molecule has 3 aromatic rings. The van der Waals surface area contributed by atoms with Crippen LogP contribution in [0.4, 0.5) is 0 Å². The first-order chi connectivity index (χ1) is 13.4. The lowest BCUT2D eigenvalue weighted by atomic mass is 10.1. The molecule has 3 rings (SSSR count). The first-order valence-electron chi connectivity index (χ1n) is 8.47. The maximum absolute atomic E-state index is 11.8. The van der Waals surface area contributed by atoms with Crippen molar-refractivity contribution < 1.29 is 9.90 Å². The van der Waals surface area contributed by atoms with E-state index in [1.807, 2.05) is 48.7 Å². The molecule has 0 amide bonds. The Morgan fingerprint density at radius 1 is 1.25 bits per heavy atom. The summed E-state index contributed by atoms with van der Waals surface area (Å²) >= 11 is 10.5. The minimum Gasteiger partial charge on any atom is -0.477 e. The van der Waals surface area contributed by atoms with Crippen molar-refractivity contribution in [2.24, 2.45) is 0 Å². The van der Waals surface area contributed by atoms with Crippen molar-refractivity contribution in [3.63, 3.8) is 0 Å². The van der Waals surface area contributed by atoms with Gasteiger partial charge in [0.05, 0.1) is 0 Å². The molecule has 8 heteroatoms. The zero-order valence-electron chi connectivity index (χ0n) is 15.2. The number of carboxylic acid groups (broad SMARTS) is 1. The summed E-state index contributed by atoms with van der Waals surface area (Å²) in [7, 11) is 0. The molecule has 0 saturated carbocycles. The summed E-state index contributed by atoms with van der Waals surface area (Å²) in [6.45, 7) is 4.55. The minimum atomic E-state index is -1.01. The maximum Gasteiger partial charge on any atom is 0.342 e. The molecule has 0 spiro atoms. The number of carbonyl (C=O) groups is 1. The van der Waals surface area contributed by atoms with Crippen LogP contribution in [0.25, 0.3) is 17.5 Å². The topological polar surface area (TPSA) is 68.0 Å². The summed E-state index contributed by atoms with van der Waals surface area (Å²) in [6.07, 6.45) is 1.63. The molecule has 2 aromatic carbocycles. The van der Waals surface area contributed by atoms with E-state index in [2.05, 4.69) is 26.1 Å². The highest BCUT2D eigenvalue weighted by Crippen LogP contribution is 2.31. The van der Waals surface area contributed by atoms with Crippen molar-refractivity contribution in [2.45, 2.75) is 25.5 Å². The Hall–Kier alpha value is -2.09. The lowest BCUT2D eigenvalue weighted by Crippen LogP contribution is -2.02. The fraction of sp³-hybridized carbons (Fsp3) is 0.150. The summed E-state index contributed by atoms with van der Waals surface area (Å²) in [4.78, 5) is 12.0. The number of rotatable bonds is 6. The fourth-order valence-corrected chi connectivity index (χ4v) is 3.95. The highest BCUT2D eigenvalue weighted by Gasteiger charge is 2.18. The zero-order valence-corrected chi connectivity index (χ0v) is 18.3. The van der Waals surface area contributed by atoms with Gasteiger partial charge in [0.1, 0.15) is 4.91 Å². The van der Waals surface area contributed by atoms with Gasteiger partial charge in [-0.25, -0.2) is 4.79 Å². The molecule has 144 valence electrons. The van der Waals surface area contributed by atoms with E-state index in [0.717, 1.165) is 32.9 Å². The van der Waals surface area contributed by atoms with Gasteiger partial charge in [-0.3, -0.25) is 0 Å². The second-order valence-corrected chi connectivity index (χ2v) is 8.28. The van der Waals surface area contributed by atoms with Crippen LogP contribution in [-0.4, -0.2) is 25.8 Å².